The van der Waals surface area contributed by atoms with E-state index in [-0.39, 0.29) is 0 Å². The van der Waals surface area contributed by atoms with Gasteiger partial charge in [-0.2, -0.15) is 0 Å². The number of hydrogen-bond donors (Lipinski definition) is 0. The predicted octanol–water partition coefficient (Wildman–Crippen LogP) is 2.43. The van der Waals surface area contributed by atoms with Crippen LogP contribution in [0.4, 0.5) is 0 Å². The van der Waals surface area contributed by atoms with E-state index in [1.54, 1.807) is 6.20 Å². The molecule has 4 nitrogen and oxygen atoms in total. The Kier molecular flexibility index (Phi) is 1.53. The maximum atomic E-state index is 4.49. The Morgan fingerprint density at radius 1 is 0.941 bits per heavy atom. The van der Waals surface area contributed by atoms with E-state index >= 15 is 0 Å². The zero-order valence-electron chi connectivity index (χ0n) is 8.91. The smallest absolute Gasteiger partial charge is 0.183 e. The molecular formula is C13H8N4. The molecule has 0 saturated heterocycles. The summed E-state index contributed by atoms with van der Waals surface area (Å²) in [7, 11) is 0. The van der Waals surface area contributed by atoms with E-state index in [1.807, 2.05) is 47.1 Å². The van der Waals surface area contributed by atoms with Gasteiger partial charge in [0.2, 0.25) is 0 Å². The lowest BCUT2D eigenvalue weighted by Gasteiger charge is -1.99. The van der Waals surface area contributed by atoms with Crippen LogP contribution in [0.25, 0.3) is 27.6 Å². The van der Waals surface area contributed by atoms with Crippen LogP contribution in [0.3, 0.4) is 0 Å². The lowest BCUT2D eigenvalue weighted by Crippen LogP contribution is -1.91. The zero-order chi connectivity index (χ0) is 11.2. The highest BCUT2D eigenvalue weighted by atomic mass is 15.3. The van der Waals surface area contributed by atoms with Gasteiger partial charge in [0.15, 0.2) is 11.3 Å². The molecule has 80 valence electrons. The van der Waals surface area contributed by atoms with Gasteiger partial charge < -0.3 is 0 Å². The zero-order valence-corrected chi connectivity index (χ0v) is 8.91. The third-order valence-electron chi connectivity index (χ3n) is 2.91. The number of aromatic nitrogens is 4. The van der Waals surface area contributed by atoms with Gasteiger partial charge in [0.05, 0.1) is 10.9 Å². The highest BCUT2D eigenvalue weighted by Crippen LogP contribution is 2.20. The molecule has 3 aromatic heterocycles. The summed E-state index contributed by atoms with van der Waals surface area (Å²) in [5, 5.41) is 6.55. The van der Waals surface area contributed by atoms with Crippen LogP contribution in [-0.4, -0.2) is 19.6 Å². The number of para-hydroxylation sites is 1. The molecule has 4 rings (SSSR count). The van der Waals surface area contributed by atoms with Crippen LogP contribution in [0.5, 0.6) is 0 Å². The van der Waals surface area contributed by atoms with Crippen molar-refractivity contribution in [3.8, 4) is 0 Å². The molecule has 0 amide bonds. The normalized spacial score (nSPS) is 11.5. The van der Waals surface area contributed by atoms with Gasteiger partial charge in [-0.25, -0.2) is 14.5 Å². The Morgan fingerprint density at radius 3 is 2.88 bits per heavy atom. The lowest BCUT2D eigenvalue weighted by molar-refractivity contribution is 0.992. The molecule has 0 radical (unpaired) electrons. The van der Waals surface area contributed by atoms with Crippen LogP contribution in [0.15, 0.2) is 48.8 Å². The molecule has 0 N–H and O–H groups in total. The molecule has 0 aliphatic heterocycles. The number of rotatable bonds is 0. The molecule has 0 aliphatic rings. The van der Waals surface area contributed by atoms with E-state index in [0.717, 1.165) is 27.6 Å². The van der Waals surface area contributed by atoms with Crippen molar-refractivity contribution in [3.05, 3.63) is 48.8 Å². The molecule has 3 heterocycles. The summed E-state index contributed by atoms with van der Waals surface area (Å²) in [5.74, 6) is 0. The van der Waals surface area contributed by atoms with Crippen molar-refractivity contribution < 1.29 is 0 Å². The van der Waals surface area contributed by atoms with Crippen molar-refractivity contribution in [2.75, 3.05) is 0 Å². The van der Waals surface area contributed by atoms with Gasteiger partial charge >= 0.3 is 0 Å². The third-order valence-corrected chi connectivity index (χ3v) is 2.91. The minimum atomic E-state index is 0.733. The van der Waals surface area contributed by atoms with E-state index < -0.39 is 0 Å². The number of pyridine rings is 1. The lowest BCUT2D eigenvalue weighted by atomic mass is 10.2. The summed E-state index contributed by atoms with van der Waals surface area (Å²) in [5.41, 5.74) is 2.64. The van der Waals surface area contributed by atoms with Gasteiger partial charge in [-0.15, -0.1) is 5.10 Å². The first-order valence-corrected chi connectivity index (χ1v) is 5.41. The molecule has 17 heavy (non-hydrogen) atoms. The molecule has 1 aromatic carbocycles. The van der Waals surface area contributed by atoms with Gasteiger partial charge in [0, 0.05) is 17.8 Å². The summed E-state index contributed by atoms with van der Waals surface area (Å²) in [6, 6.07) is 12.0. The van der Waals surface area contributed by atoms with Crippen molar-refractivity contribution in [1.82, 2.24) is 19.6 Å². The molecule has 0 bridgehead atoms. The predicted molar refractivity (Wildman–Crippen MR) is 65.8 cm³/mol. The Balaban J connectivity index is 2.34. The van der Waals surface area contributed by atoms with Crippen molar-refractivity contribution in [2.24, 2.45) is 0 Å². The largest absolute Gasteiger partial charge is 0.236 e. The van der Waals surface area contributed by atoms with Crippen LogP contribution in [-0.2, 0) is 0 Å². The number of hydrogen-bond acceptors (Lipinski definition) is 3. The van der Waals surface area contributed by atoms with Crippen LogP contribution in [0.2, 0.25) is 0 Å². The van der Waals surface area contributed by atoms with Gasteiger partial charge in [0.1, 0.15) is 0 Å². The summed E-state index contributed by atoms with van der Waals surface area (Å²) >= 11 is 0. The van der Waals surface area contributed by atoms with Crippen molar-refractivity contribution >= 4 is 27.6 Å². The molecule has 0 fully saturated rings. The number of fused-ring (bicyclic) bond motifs is 5. The topological polar surface area (TPSA) is 43.1 Å². The second kappa shape index (κ2) is 3.01. The third kappa shape index (κ3) is 1.09. The van der Waals surface area contributed by atoms with E-state index in [4.69, 9.17) is 0 Å². The second-order valence-electron chi connectivity index (χ2n) is 3.93. The van der Waals surface area contributed by atoms with Gasteiger partial charge in [0.25, 0.3) is 0 Å². The summed E-state index contributed by atoms with van der Waals surface area (Å²) in [4.78, 5) is 8.71. The highest BCUT2D eigenvalue weighted by molar-refractivity contribution is 5.93. The summed E-state index contributed by atoms with van der Waals surface area (Å²) in [6.45, 7) is 0. The Bertz CT molecular complexity index is 848. The molecule has 0 unspecified atom stereocenters. The van der Waals surface area contributed by atoms with Crippen LogP contribution in [0.1, 0.15) is 0 Å². The minimum Gasteiger partial charge on any atom is -0.236 e. The SMILES string of the molecule is c1ccc2c(c1)cnc1c3cccnc3nn21. The van der Waals surface area contributed by atoms with Gasteiger partial charge in [-0.05, 0) is 18.2 Å². The maximum Gasteiger partial charge on any atom is 0.183 e. The fourth-order valence-corrected chi connectivity index (χ4v) is 2.12. The molecule has 0 saturated carbocycles. The molecule has 0 aliphatic carbocycles. The standard InChI is InChI=1S/C13H8N4/c1-2-6-11-9(4-1)8-15-13-10-5-3-7-14-12(10)16-17(11)13/h1-8H. The molecule has 4 heteroatoms. The fraction of sp³-hybridized carbons (Fsp3) is 0. The van der Waals surface area contributed by atoms with Gasteiger partial charge in [-0.1, -0.05) is 18.2 Å². The van der Waals surface area contributed by atoms with E-state index in [9.17, 15) is 0 Å². The number of nitrogens with zero attached hydrogens (tertiary/aromatic N) is 4. The van der Waals surface area contributed by atoms with Gasteiger partial charge in [-0.3, -0.25) is 0 Å². The first-order chi connectivity index (χ1) is 8.43. The van der Waals surface area contributed by atoms with Crippen LogP contribution < -0.4 is 0 Å². The fourth-order valence-electron chi connectivity index (χ4n) is 2.12. The summed E-state index contributed by atoms with van der Waals surface area (Å²) < 4.78 is 1.85. The minimum absolute atomic E-state index is 0.733. The molecule has 0 spiro atoms. The Morgan fingerprint density at radius 2 is 1.88 bits per heavy atom. The van der Waals surface area contributed by atoms with Crippen LogP contribution >= 0.6 is 0 Å². The quantitative estimate of drug-likeness (QED) is 0.457. The Labute approximate surface area is 96.5 Å². The molecule has 4 aromatic rings. The highest BCUT2D eigenvalue weighted by Gasteiger charge is 2.08. The first kappa shape index (κ1) is 8.64. The van der Waals surface area contributed by atoms with E-state index in [0.29, 0.717) is 0 Å². The number of benzene rings is 1. The van der Waals surface area contributed by atoms with Crippen molar-refractivity contribution in [2.45, 2.75) is 0 Å². The second-order valence-corrected chi connectivity index (χ2v) is 3.93. The average molecular weight is 220 g/mol. The van der Waals surface area contributed by atoms with Crippen LogP contribution in [0, 0.1) is 0 Å². The van der Waals surface area contributed by atoms with E-state index in [1.165, 1.54) is 0 Å². The van der Waals surface area contributed by atoms with E-state index in [2.05, 4.69) is 15.1 Å². The molecular weight excluding hydrogens is 212 g/mol. The average Bonchev–Trinajstić information content (AvgIpc) is 2.78. The first-order valence-electron chi connectivity index (χ1n) is 5.41. The summed E-state index contributed by atoms with van der Waals surface area (Å²) in [6.07, 6.45) is 3.62. The maximum absolute atomic E-state index is 4.49. The molecule has 0 atom stereocenters. The monoisotopic (exact) mass is 220 g/mol. The van der Waals surface area contributed by atoms with Crippen molar-refractivity contribution in [1.29, 1.82) is 0 Å². The van der Waals surface area contributed by atoms with Crippen molar-refractivity contribution in [3.63, 3.8) is 0 Å². The Hall–Kier alpha value is -2.49.